The number of nitrogens with one attached hydrogen (secondary N) is 2. The van der Waals surface area contributed by atoms with E-state index in [1.54, 1.807) is 0 Å². The van der Waals surface area contributed by atoms with Crippen molar-refractivity contribution in [2.45, 2.75) is 38.1 Å². The normalized spacial score (nSPS) is 17.0. The Kier molecular flexibility index (Phi) is 3.65. The molecule has 0 spiro atoms. The van der Waals surface area contributed by atoms with Gasteiger partial charge in [-0.15, -0.1) is 0 Å². The highest BCUT2D eigenvalue weighted by atomic mass is 14.9. The Balaban J connectivity index is 2.10. The fourth-order valence-electron chi connectivity index (χ4n) is 2.40. The van der Waals surface area contributed by atoms with Crippen molar-refractivity contribution in [3.8, 4) is 0 Å². The van der Waals surface area contributed by atoms with Crippen LogP contribution in [-0.2, 0) is 0 Å². The fraction of sp³-hybridized carbons (Fsp3) is 0.462. The SMILES string of the molecule is Bc1ccc(NC2CCCCC2)c(C=N)c1. The number of hydrogen-bond acceptors (Lipinski definition) is 2. The Labute approximate surface area is 98.4 Å². The lowest BCUT2D eigenvalue weighted by Gasteiger charge is -2.24. The average molecular weight is 214 g/mol. The summed E-state index contributed by atoms with van der Waals surface area (Å²) in [6, 6.07) is 6.89. The molecule has 0 heterocycles. The lowest BCUT2D eigenvalue weighted by Crippen LogP contribution is -2.23. The van der Waals surface area contributed by atoms with Crippen LogP contribution in [0.3, 0.4) is 0 Å². The van der Waals surface area contributed by atoms with Gasteiger partial charge in [-0.2, -0.15) is 0 Å². The highest BCUT2D eigenvalue weighted by Crippen LogP contribution is 2.22. The minimum absolute atomic E-state index is 0.607. The van der Waals surface area contributed by atoms with Crippen molar-refractivity contribution >= 4 is 25.2 Å². The molecule has 0 aromatic heterocycles. The molecule has 3 heteroatoms. The summed E-state index contributed by atoms with van der Waals surface area (Å²) in [6.07, 6.45) is 8.03. The predicted octanol–water partition coefficient (Wildman–Crippen LogP) is 1.69. The van der Waals surface area contributed by atoms with Crippen molar-refractivity contribution in [1.29, 1.82) is 5.41 Å². The number of benzene rings is 1. The standard InChI is InChI=1S/C13H19BN2/c14-11-6-7-13(10(8-11)9-15)16-12-4-2-1-3-5-12/h6-9,12,15-16H,1-5,14H2. The quantitative estimate of drug-likeness (QED) is 0.582. The number of hydrogen-bond donors (Lipinski definition) is 2. The first kappa shape index (κ1) is 11.2. The molecular formula is C13H19BN2. The van der Waals surface area contributed by atoms with Crippen LogP contribution >= 0.6 is 0 Å². The smallest absolute Gasteiger partial charge is 0.139 e. The Morgan fingerprint density at radius 3 is 2.69 bits per heavy atom. The molecule has 1 fully saturated rings. The van der Waals surface area contributed by atoms with Crippen LogP contribution in [0.15, 0.2) is 18.2 Å². The predicted molar refractivity (Wildman–Crippen MR) is 73.0 cm³/mol. The zero-order valence-corrected chi connectivity index (χ0v) is 9.92. The van der Waals surface area contributed by atoms with E-state index in [4.69, 9.17) is 5.41 Å². The third-order valence-corrected chi connectivity index (χ3v) is 3.33. The van der Waals surface area contributed by atoms with Gasteiger partial charge < -0.3 is 10.7 Å². The van der Waals surface area contributed by atoms with Crippen molar-refractivity contribution in [1.82, 2.24) is 0 Å². The van der Waals surface area contributed by atoms with Gasteiger partial charge in [-0.05, 0) is 18.9 Å². The maximum absolute atomic E-state index is 7.43. The van der Waals surface area contributed by atoms with E-state index in [0.29, 0.717) is 6.04 Å². The van der Waals surface area contributed by atoms with E-state index < -0.39 is 0 Å². The molecule has 1 aromatic carbocycles. The molecule has 1 aliphatic rings. The van der Waals surface area contributed by atoms with Crippen LogP contribution in [0, 0.1) is 5.41 Å². The van der Waals surface area contributed by atoms with E-state index in [-0.39, 0.29) is 0 Å². The Hall–Kier alpha value is -1.25. The van der Waals surface area contributed by atoms with Gasteiger partial charge in [0.1, 0.15) is 7.85 Å². The summed E-state index contributed by atoms with van der Waals surface area (Å²) >= 11 is 0. The zero-order chi connectivity index (χ0) is 11.4. The lowest BCUT2D eigenvalue weighted by atomic mass is 9.92. The third-order valence-electron chi connectivity index (χ3n) is 3.33. The molecule has 0 unspecified atom stereocenters. The molecule has 2 N–H and O–H groups in total. The van der Waals surface area contributed by atoms with Crippen molar-refractivity contribution in [3.63, 3.8) is 0 Å². The highest BCUT2D eigenvalue weighted by Gasteiger charge is 2.13. The molecule has 16 heavy (non-hydrogen) atoms. The molecule has 0 amide bonds. The highest BCUT2D eigenvalue weighted by molar-refractivity contribution is 6.32. The molecular weight excluding hydrogens is 195 g/mol. The minimum Gasteiger partial charge on any atom is -0.382 e. The van der Waals surface area contributed by atoms with Crippen molar-refractivity contribution in [2.24, 2.45) is 0 Å². The van der Waals surface area contributed by atoms with Gasteiger partial charge >= 0.3 is 0 Å². The van der Waals surface area contributed by atoms with E-state index in [1.807, 2.05) is 0 Å². The van der Waals surface area contributed by atoms with Gasteiger partial charge in [-0.3, -0.25) is 0 Å². The van der Waals surface area contributed by atoms with Crippen molar-refractivity contribution in [2.75, 3.05) is 5.32 Å². The van der Waals surface area contributed by atoms with Crippen LogP contribution in [0.5, 0.6) is 0 Å². The summed E-state index contributed by atoms with van der Waals surface area (Å²) in [5.74, 6) is 0. The summed E-state index contributed by atoms with van der Waals surface area (Å²) in [5.41, 5.74) is 3.34. The Bertz CT molecular complexity index is 370. The molecule has 0 aliphatic heterocycles. The summed E-state index contributed by atoms with van der Waals surface area (Å²) in [6.45, 7) is 0. The summed E-state index contributed by atoms with van der Waals surface area (Å²) < 4.78 is 0. The van der Waals surface area contributed by atoms with Crippen molar-refractivity contribution in [3.05, 3.63) is 23.8 Å². The second-order valence-electron chi connectivity index (χ2n) is 4.71. The molecule has 0 radical (unpaired) electrons. The van der Waals surface area contributed by atoms with Gasteiger partial charge in [0, 0.05) is 23.5 Å². The van der Waals surface area contributed by atoms with Crippen LogP contribution in [0.25, 0.3) is 0 Å². The van der Waals surface area contributed by atoms with Crippen LogP contribution in [0.1, 0.15) is 37.7 Å². The zero-order valence-electron chi connectivity index (χ0n) is 9.92. The lowest BCUT2D eigenvalue weighted by molar-refractivity contribution is 0.463. The van der Waals surface area contributed by atoms with E-state index in [2.05, 4.69) is 31.4 Å². The second kappa shape index (κ2) is 5.19. The Morgan fingerprint density at radius 1 is 1.25 bits per heavy atom. The summed E-state index contributed by atoms with van der Waals surface area (Å²) in [7, 11) is 2.07. The number of rotatable bonds is 3. The van der Waals surface area contributed by atoms with E-state index in [1.165, 1.54) is 43.8 Å². The molecule has 0 saturated heterocycles. The summed E-state index contributed by atoms with van der Waals surface area (Å²) in [5, 5.41) is 11.0. The van der Waals surface area contributed by atoms with Gasteiger partial charge in [0.25, 0.3) is 0 Å². The van der Waals surface area contributed by atoms with Gasteiger partial charge in [0.2, 0.25) is 0 Å². The van der Waals surface area contributed by atoms with Gasteiger partial charge in [0.05, 0.1) is 0 Å². The van der Waals surface area contributed by atoms with Crippen molar-refractivity contribution < 1.29 is 0 Å². The maximum Gasteiger partial charge on any atom is 0.139 e. The fourth-order valence-corrected chi connectivity index (χ4v) is 2.40. The van der Waals surface area contributed by atoms with Crippen LogP contribution < -0.4 is 10.8 Å². The second-order valence-corrected chi connectivity index (χ2v) is 4.71. The molecule has 1 aromatic rings. The monoisotopic (exact) mass is 214 g/mol. The molecule has 1 saturated carbocycles. The van der Waals surface area contributed by atoms with Crippen LogP contribution in [0.4, 0.5) is 5.69 Å². The topological polar surface area (TPSA) is 35.9 Å². The molecule has 0 bridgehead atoms. The van der Waals surface area contributed by atoms with Crippen LogP contribution in [-0.4, -0.2) is 20.1 Å². The van der Waals surface area contributed by atoms with E-state index in [0.717, 1.165) is 11.3 Å². The average Bonchev–Trinajstić information content (AvgIpc) is 2.33. The first-order chi connectivity index (χ1) is 7.79. The maximum atomic E-state index is 7.43. The van der Waals surface area contributed by atoms with Gasteiger partial charge in [-0.1, -0.05) is 36.9 Å². The van der Waals surface area contributed by atoms with E-state index in [9.17, 15) is 0 Å². The molecule has 84 valence electrons. The first-order valence-corrected chi connectivity index (χ1v) is 6.17. The van der Waals surface area contributed by atoms with E-state index >= 15 is 0 Å². The molecule has 2 nitrogen and oxygen atoms in total. The third kappa shape index (κ3) is 2.66. The van der Waals surface area contributed by atoms with Gasteiger partial charge in [0.15, 0.2) is 0 Å². The molecule has 0 atom stereocenters. The van der Waals surface area contributed by atoms with Gasteiger partial charge in [-0.25, -0.2) is 0 Å². The first-order valence-electron chi connectivity index (χ1n) is 6.17. The molecule has 2 rings (SSSR count). The summed E-state index contributed by atoms with van der Waals surface area (Å²) in [4.78, 5) is 0. The number of anilines is 1. The molecule has 1 aliphatic carbocycles. The minimum atomic E-state index is 0.607. The Morgan fingerprint density at radius 2 is 2.00 bits per heavy atom. The van der Waals surface area contributed by atoms with Crippen LogP contribution in [0.2, 0.25) is 0 Å². The largest absolute Gasteiger partial charge is 0.382 e.